The van der Waals surface area contributed by atoms with Gasteiger partial charge in [0.2, 0.25) is 5.91 Å². The Hall–Kier alpha value is -3.39. The second kappa shape index (κ2) is 9.89. The first-order valence-electron chi connectivity index (χ1n) is 9.93. The highest BCUT2D eigenvalue weighted by atomic mass is 16.5. The summed E-state index contributed by atoms with van der Waals surface area (Å²) in [7, 11) is 1.58. The van der Waals surface area contributed by atoms with E-state index >= 15 is 0 Å². The Labute approximate surface area is 175 Å². The number of nitrogens with two attached hydrogens (primary N) is 1. The van der Waals surface area contributed by atoms with Crippen molar-refractivity contribution in [2.75, 3.05) is 37.4 Å². The summed E-state index contributed by atoms with van der Waals surface area (Å²) in [5.74, 6) is -0.157. The molecule has 0 atom stereocenters. The zero-order valence-corrected chi connectivity index (χ0v) is 16.9. The highest BCUT2D eigenvalue weighted by molar-refractivity contribution is 6.10. The summed E-state index contributed by atoms with van der Waals surface area (Å²) in [5, 5.41) is 5.67. The first-order chi connectivity index (χ1) is 14.5. The lowest BCUT2D eigenvalue weighted by atomic mass is 9.96. The number of hydrogen-bond acceptors (Lipinski definition) is 4. The number of piperidine rings is 1. The summed E-state index contributed by atoms with van der Waals surface area (Å²) in [6, 6.07) is 13.9. The van der Waals surface area contributed by atoms with Crippen LogP contribution in [0.2, 0.25) is 0 Å². The Morgan fingerprint density at radius 3 is 2.33 bits per heavy atom. The third-order valence-electron chi connectivity index (χ3n) is 5.30. The van der Waals surface area contributed by atoms with Crippen LogP contribution in [0.4, 0.5) is 11.4 Å². The number of anilines is 2. The van der Waals surface area contributed by atoms with Gasteiger partial charge in [0.05, 0.1) is 31.5 Å². The van der Waals surface area contributed by atoms with Gasteiger partial charge in [-0.25, -0.2) is 0 Å². The lowest BCUT2D eigenvalue weighted by molar-refractivity contribution is -0.897. The molecule has 0 unspecified atom stereocenters. The van der Waals surface area contributed by atoms with Crippen molar-refractivity contribution in [3.8, 4) is 5.75 Å². The van der Waals surface area contributed by atoms with Crippen molar-refractivity contribution < 1.29 is 24.0 Å². The Kier molecular flexibility index (Phi) is 7.03. The molecular weight excluding hydrogens is 384 g/mol. The van der Waals surface area contributed by atoms with Gasteiger partial charge in [-0.1, -0.05) is 12.1 Å². The fraction of sp³-hybridized carbons (Fsp3) is 0.318. The van der Waals surface area contributed by atoms with E-state index in [0.717, 1.165) is 18.0 Å². The third kappa shape index (κ3) is 5.57. The van der Waals surface area contributed by atoms with Gasteiger partial charge in [0.25, 0.3) is 11.8 Å². The number of carbonyl (C=O) groups is 3. The van der Waals surface area contributed by atoms with Gasteiger partial charge in [0, 0.05) is 24.4 Å². The maximum absolute atomic E-state index is 12.7. The zero-order chi connectivity index (χ0) is 21.5. The first-order valence-corrected chi connectivity index (χ1v) is 9.93. The van der Waals surface area contributed by atoms with Crippen molar-refractivity contribution in [2.45, 2.75) is 12.8 Å². The molecule has 2 aromatic carbocycles. The number of methoxy groups -OCH3 is 1. The summed E-state index contributed by atoms with van der Waals surface area (Å²) in [6.45, 7) is 1.72. The number of hydrogen-bond donors (Lipinski definition) is 4. The molecule has 30 heavy (non-hydrogen) atoms. The third-order valence-corrected chi connectivity index (χ3v) is 5.30. The Morgan fingerprint density at radius 2 is 1.70 bits per heavy atom. The highest BCUT2D eigenvalue weighted by Gasteiger charge is 2.27. The molecule has 158 valence electrons. The maximum Gasteiger partial charge on any atom is 0.279 e. The minimum absolute atomic E-state index is 0.0980. The van der Waals surface area contributed by atoms with Gasteiger partial charge in [0.1, 0.15) is 5.75 Å². The van der Waals surface area contributed by atoms with Crippen LogP contribution < -0.4 is 26.0 Å². The molecule has 0 spiro atoms. The topological polar surface area (TPSA) is 115 Å². The number of para-hydroxylation sites is 1. The normalized spacial score (nSPS) is 18.3. The zero-order valence-electron chi connectivity index (χ0n) is 16.9. The molecule has 0 bridgehead atoms. The molecule has 1 fully saturated rings. The predicted molar refractivity (Wildman–Crippen MR) is 114 cm³/mol. The standard InChI is InChI=1S/C22H26N4O4/c1-30-17-8-6-16(7-9-17)24-22(29)18-4-2-3-5-19(18)25-20(27)14-26-12-10-15(11-13-26)21(23)28/h2-9,15H,10-14H2,1H3,(H2,23,28)(H,24,29)(H,25,27)/p+1. The molecule has 0 radical (unpaired) electrons. The number of amides is 3. The minimum atomic E-state index is -0.314. The van der Waals surface area contributed by atoms with Crippen molar-refractivity contribution in [3.05, 3.63) is 54.1 Å². The van der Waals surface area contributed by atoms with Gasteiger partial charge in [-0.3, -0.25) is 14.4 Å². The molecular formula is C22H27N4O4+. The Bertz CT molecular complexity index is 906. The summed E-state index contributed by atoms with van der Waals surface area (Å²) in [4.78, 5) is 37.6. The van der Waals surface area contributed by atoms with Gasteiger partial charge in [-0.2, -0.15) is 0 Å². The first kappa shape index (κ1) is 21.3. The molecule has 2 aromatic rings. The fourth-order valence-corrected chi connectivity index (χ4v) is 3.57. The minimum Gasteiger partial charge on any atom is -0.497 e. The molecule has 3 amide bonds. The Balaban J connectivity index is 1.59. The van der Waals surface area contributed by atoms with Gasteiger partial charge < -0.3 is 26.0 Å². The Morgan fingerprint density at radius 1 is 1.03 bits per heavy atom. The van der Waals surface area contributed by atoms with E-state index in [0.29, 0.717) is 35.5 Å². The van der Waals surface area contributed by atoms with E-state index in [1.165, 1.54) is 0 Å². The van der Waals surface area contributed by atoms with E-state index in [2.05, 4.69) is 10.6 Å². The molecule has 1 aliphatic rings. The second-order valence-corrected chi connectivity index (χ2v) is 7.38. The quantitative estimate of drug-likeness (QED) is 0.536. The number of carbonyl (C=O) groups excluding carboxylic acids is 3. The largest absolute Gasteiger partial charge is 0.497 e. The SMILES string of the molecule is COc1ccc(NC(=O)c2ccccc2NC(=O)C[NH+]2CCC(C(N)=O)CC2)cc1. The lowest BCUT2D eigenvalue weighted by Crippen LogP contribution is -3.14. The second-order valence-electron chi connectivity index (χ2n) is 7.38. The summed E-state index contributed by atoms with van der Waals surface area (Å²) < 4.78 is 5.12. The van der Waals surface area contributed by atoms with Crippen molar-refractivity contribution in [1.82, 2.24) is 0 Å². The summed E-state index contributed by atoms with van der Waals surface area (Å²) in [6.07, 6.45) is 1.39. The van der Waals surface area contributed by atoms with E-state index in [9.17, 15) is 14.4 Å². The van der Waals surface area contributed by atoms with E-state index in [4.69, 9.17) is 10.5 Å². The van der Waals surface area contributed by atoms with Crippen molar-refractivity contribution in [2.24, 2.45) is 11.7 Å². The van der Waals surface area contributed by atoms with Gasteiger partial charge in [-0.15, -0.1) is 0 Å². The molecule has 1 saturated heterocycles. The predicted octanol–water partition coefficient (Wildman–Crippen LogP) is 0.666. The van der Waals surface area contributed by atoms with Crippen LogP contribution in [0.15, 0.2) is 48.5 Å². The summed E-state index contributed by atoms with van der Waals surface area (Å²) in [5.41, 5.74) is 6.82. The van der Waals surface area contributed by atoms with Crippen molar-refractivity contribution in [1.29, 1.82) is 0 Å². The lowest BCUT2D eigenvalue weighted by Gasteiger charge is -2.27. The smallest absolute Gasteiger partial charge is 0.279 e. The van der Waals surface area contributed by atoms with Crippen molar-refractivity contribution >= 4 is 29.1 Å². The van der Waals surface area contributed by atoms with E-state index in [-0.39, 0.29) is 30.2 Å². The van der Waals surface area contributed by atoms with Crippen LogP contribution in [-0.4, -0.2) is 44.5 Å². The molecule has 8 heteroatoms. The average Bonchev–Trinajstić information content (AvgIpc) is 2.75. The molecule has 8 nitrogen and oxygen atoms in total. The molecule has 1 heterocycles. The molecule has 0 aromatic heterocycles. The monoisotopic (exact) mass is 411 g/mol. The van der Waals surface area contributed by atoms with Crippen LogP contribution in [0.5, 0.6) is 5.75 Å². The van der Waals surface area contributed by atoms with Crippen LogP contribution >= 0.6 is 0 Å². The average molecular weight is 411 g/mol. The highest BCUT2D eigenvalue weighted by Crippen LogP contribution is 2.19. The van der Waals surface area contributed by atoms with Crippen LogP contribution in [0.1, 0.15) is 23.2 Å². The number of likely N-dealkylation sites (tertiary alicyclic amines) is 1. The van der Waals surface area contributed by atoms with E-state index < -0.39 is 0 Å². The van der Waals surface area contributed by atoms with Crippen LogP contribution in [0.25, 0.3) is 0 Å². The van der Waals surface area contributed by atoms with Gasteiger partial charge >= 0.3 is 0 Å². The number of benzene rings is 2. The molecule has 5 N–H and O–H groups in total. The molecule has 0 aliphatic carbocycles. The van der Waals surface area contributed by atoms with Crippen LogP contribution in [-0.2, 0) is 9.59 Å². The van der Waals surface area contributed by atoms with E-state index in [1.807, 2.05) is 0 Å². The number of rotatable bonds is 7. The van der Waals surface area contributed by atoms with Crippen molar-refractivity contribution in [3.63, 3.8) is 0 Å². The fourth-order valence-electron chi connectivity index (χ4n) is 3.57. The number of ether oxygens (including phenoxy) is 1. The molecule has 3 rings (SSSR count). The molecule has 1 aliphatic heterocycles. The number of quaternary nitrogens is 1. The number of primary amides is 1. The van der Waals surface area contributed by atoms with E-state index in [1.54, 1.807) is 55.6 Å². The van der Waals surface area contributed by atoms with Gasteiger partial charge in [-0.05, 0) is 36.4 Å². The number of nitrogens with one attached hydrogen (secondary N) is 3. The van der Waals surface area contributed by atoms with Gasteiger partial charge in [0.15, 0.2) is 6.54 Å². The van der Waals surface area contributed by atoms with Crippen LogP contribution in [0, 0.1) is 5.92 Å². The summed E-state index contributed by atoms with van der Waals surface area (Å²) >= 11 is 0. The van der Waals surface area contributed by atoms with Crippen LogP contribution in [0.3, 0.4) is 0 Å². The molecule has 0 saturated carbocycles. The maximum atomic E-state index is 12.7.